The summed E-state index contributed by atoms with van der Waals surface area (Å²) in [6.07, 6.45) is 0. The van der Waals surface area contributed by atoms with Gasteiger partial charge in [0.2, 0.25) is 0 Å². The first-order chi connectivity index (χ1) is 8.99. The quantitative estimate of drug-likeness (QED) is 0.916. The highest BCUT2D eigenvalue weighted by molar-refractivity contribution is 9.10. The van der Waals surface area contributed by atoms with Crippen molar-refractivity contribution in [2.24, 2.45) is 0 Å². The number of aryl methyl sites for hydroxylation is 1. The van der Waals surface area contributed by atoms with Gasteiger partial charge in [-0.25, -0.2) is 0 Å². The molecular formula is C15H14BrNO2. The third kappa shape index (κ3) is 2.96. The zero-order valence-corrected chi connectivity index (χ0v) is 12.3. The van der Waals surface area contributed by atoms with Gasteiger partial charge in [0.25, 0.3) is 5.91 Å². The van der Waals surface area contributed by atoms with E-state index in [1.165, 1.54) is 4.90 Å². The second-order valence-electron chi connectivity index (χ2n) is 4.37. The van der Waals surface area contributed by atoms with Gasteiger partial charge in [-0.05, 0) is 52.7 Å². The SMILES string of the molecule is Cc1ccc(C(=O)N(C)c2cccc(O)c2)c(Br)c1. The molecule has 0 saturated carbocycles. The molecule has 1 amide bonds. The number of anilines is 1. The van der Waals surface area contributed by atoms with Crippen molar-refractivity contribution >= 4 is 27.5 Å². The number of phenols is 1. The second-order valence-corrected chi connectivity index (χ2v) is 5.22. The van der Waals surface area contributed by atoms with Crippen LogP contribution in [0.4, 0.5) is 5.69 Å². The van der Waals surface area contributed by atoms with Crippen LogP contribution < -0.4 is 4.90 Å². The summed E-state index contributed by atoms with van der Waals surface area (Å²) < 4.78 is 0.768. The lowest BCUT2D eigenvalue weighted by Crippen LogP contribution is -2.26. The number of nitrogens with zero attached hydrogens (tertiary/aromatic N) is 1. The molecule has 2 rings (SSSR count). The second kappa shape index (κ2) is 5.45. The van der Waals surface area contributed by atoms with Crippen LogP contribution in [0.2, 0.25) is 0 Å². The number of hydrogen-bond acceptors (Lipinski definition) is 2. The van der Waals surface area contributed by atoms with Crippen LogP contribution in [0.3, 0.4) is 0 Å². The van der Waals surface area contributed by atoms with Crippen molar-refractivity contribution in [2.45, 2.75) is 6.92 Å². The molecule has 1 N–H and O–H groups in total. The van der Waals surface area contributed by atoms with Crippen molar-refractivity contribution in [3.63, 3.8) is 0 Å². The predicted molar refractivity (Wildman–Crippen MR) is 79.7 cm³/mol. The average molecular weight is 320 g/mol. The maximum Gasteiger partial charge on any atom is 0.259 e. The maximum atomic E-state index is 12.4. The first-order valence-electron chi connectivity index (χ1n) is 5.82. The van der Waals surface area contributed by atoms with Crippen LogP contribution >= 0.6 is 15.9 Å². The minimum atomic E-state index is -0.127. The first kappa shape index (κ1) is 13.6. The molecule has 0 unspecified atom stereocenters. The van der Waals surface area contributed by atoms with E-state index in [4.69, 9.17) is 0 Å². The smallest absolute Gasteiger partial charge is 0.259 e. The first-order valence-corrected chi connectivity index (χ1v) is 6.61. The molecule has 0 aromatic heterocycles. The van der Waals surface area contributed by atoms with Crippen LogP contribution in [0.1, 0.15) is 15.9 Å². The summed E-state index contributed by atoms with van der Waals surface area (Å²) in [5.74, 6) is 0.0117. The molecule has 2 aromatic carbocycles. The normalized spacial score (nSPS) is 10.3. The van der Waals surface area contributed by atoms with E-state index >= 15 is 0 Å². The summed E-state index contributed by atoms with van der Waals surface area (Å²) in [4.78, 5) is 13.9. The van der Waals surface area contributed by atoms with E-state index < -0.39 is 0 Å². The molecule has 0 fully saturated rings. The van der Waals surface area contributed by atoms with Gasteiger partial charge in [-0.3, -0.25) is 4.79 Å². The van der Waals surface area contributed by atoms with Gasteiger partial charge in [-0.1, -0.05) is 12.1 Å². The van der Waals surface area contributed by atoms with E-state index in [2.05, 4.69) is 15.9 Å². The predicted octanol–water partition coefficient (Wildman–Crippen LogP) is 3.74. The molecule has 0 saturated heterocycles. The molecular weight excluding hydrogens is 306 g/mol. The molecule has 0 aliphatic carbocycles. The van der Waals surface area contributed by atoms with Crippen LogP contribution in [-0.2, 0) is 0 Å². The summed E-state index contributed by atoms with van der Waals surface area (Å²) in [6, 6.07) is 12.2. The van der Waals surface area contributed by atoms with Gasteiger partial charge < -0.3 is 10.0 Å². The molecule has 0 aliphatic heterocycles. The summed E-state index contributed by atoms with van der Waals surface area (Å²) in [6.45, 7) is 1.97. The Morgan fingerprint density at radius 1 is 1.21 bits per heavy atom. The molecule has 0 radical (unpaired) electrons. The Balaban J connectivity index is 2.33. The van der Waals surface area contributed by atoms with E-state index in [9.17, 15) is 9.90 Å². The van der Waals surface area contributed by atoms with E-state index in [1.807, 2.05) is 19.1 Å². The van der Waals surface area contributed by atoms with Crippen molar-refractivity contribution in [2.75, 3.05) is 11.9 Å². The minimum absolute atomic E-state index is 0.127. The molecule has 4 heteroatoms. The van der Waals surface area contributed by atoms with Crippen molar-refractivity contribution in [3.8, 4) is 5.75 Å². The lowest BCUT2D eigenvalue weighted by Gasteiger charge is -2.18. The number of hydrogen-bond donors (Lipinski definition) is 1. The number of amides is 1. The van der Waals surface area contributed by atoms with E-state index in [-0.39, 0.29) is 11.7 Å². The highest BCUT2D eigenvalue weighted by atomic mass is 79.9. The van der Waals surface area contributed by atoms with E-state index in [0.717, 1.165) is 10.0 Å². The molecule has 0 aliphatic rings. The van der Waals surface area contributed by atoms with Gasteiger partial charge in [0, 0.05) is 23.3 Å². The fourth-order valence-electron chi connectivity index (χ4n) is 1.79. The molecule has 0 heterocycles. The van der Waals surface area contributed by atoms with Gasteiger partial charge >= 0.3 is 0 Å². The van der Waals surface area contributed by atoms with Crippen molar-refractivity contribution < 1.29 is 9.90 Å². The van der Waals surface area contributed by atoms with Crippen LogP contribution in [0, 0.1) is 6.92 Å². The Hall–Kier alpha value is -1.81. The lowest BCUT2D eigenvalue weighted by atomic mass is 10.1. The Kier molecular flexibility index (Phi) is 3.90. The van der Waals surface area contributed by atoms with E-state index in [1.54, 1.807) is 37.4 Å². The van der Waals surface area contributed by atoms with Crippen molar-refractivity contribution in [1.29, 1.82) is 0 Å². The van der Waals surface area contributed by atoms with Crippen LogP contribution in [0.25, 0.3) is 0 Å². The van der Waals surface area contributed by atoms with Crippen LogP contribution in [0.15, 0.2) is 46.9 Å². The lowest BCUT2D eigenvalue weighted by molar-refractivity contribution is 0.0992. The zero-order chi connectivity index (χ0) is 14.0. The van der Waals surface area contributed by atoms with Gasteiger partial charge in [0.1, 0.15) is 5.75 Å². The van der Waals surface area contributed by atoms with Crippen molar-refractivity contribution in [1.82, 2.24) is 0 Å². The maximum absolute atomic E-state index is 12.4. The van der Waals surface area contributed by atoms with Gasteiger partial charge in [-0.15, -0.1) is 0 Å². The Labute approximate surface area is 120 Å². The molecule has 0 atom stereocenters. The zero-order valence-electron chi connectivity index (χ0n) is 10.7. The van der Waals surface area contributed by atoms with Gasteiger partial charge in [0.15, 0.2) is 0 Å². The summed E-state index contributed by atoms with van der Waals surface area (Å²) in [5.41, 5.74) is 2.33. The molecule has 98 valence electrons. The number of phenolic OH excluding ortho intramolecular Hbond substituents is 1. The number of carbonyl (C=O) groups excluding carboxylic acids is 1. The standard InChI is InChI=1S/C15H14BrNO2/c1-10-6-7-13(14(16)8-10)15(19)17(2)11-4-3-5-12(18)9-11/h3-9,18H,1-2H3. The summed E-state index contributed by atoms with van der Waals surface area (Å²) in [5, 5.41) is 9.46. The summed E-state index contributed by atoms with van der Waals surface area (Å²) >= 11 is 3.41. The Morgan fingerprint density at radius 3 is 2.58 bits per heavy atom. The van der Waals surface area contributed by atoms with Gasteiger partial charge in [-0.2, -0.15) is 0 Å². The largest absolute Gasteiger partial charge is 0.508 e. The fourth-order valence-corrected chi connectivity index (χ4v) is 2.46. The monoisotopic (exact) mass is 319 g/mol. The number of halogens is 1. The number of benzene rings is 2. The minimum Gasteiger partial charge on any atom is -0.508 e. The molecule has 19 heavy (non-hydrogen) atoms. The molecule has 3 nitrogen and oxygen atoms in total. The van der Waals surface area contributed by atoms with E-state index in [0.29, 0.717) is 11.3 Å². The molecule has 0 spiro atoms. The highest BCUT2D eigenvalue weighted by Crippen LogP contribution is 2.24. The number of carbonyl (C=O) groups is 1. The average Bonchev–Trinajstić information content (AvgIpc) is 2.37. The fraction of sp³-hybridized carbons (Fsp3) is 0.133. The van der Waals surface area contributed by atoms with Crippen LogP contribution in [0.5, 0.6) is 5.75 Å². The topological polar surface area (TPSA) is 40.5 Å². The number of rotatable bonds is 2. The Morgan fingerprint density at radius 2 is 1.95 bits per heavy atom. The molecule has 0 bridgehead atoms. The van der Waals surface area contributed by atoms with Gasteiger partial charge in [0.05, 0.1) is 5.56 Å². The Bertz CT molecular complexity index is 625. The molecule has 2 aromatic rings. The summed E-state index contributed by atoms with van der Waals surface area (Å²) in [7, 11) is 1.68. The third-order valence-corrected chi connectivity index (χ3v) is 3.53. The number of aromatic hydroxyl groups is 1. The van der Waals surface area contributed by atoms with Crippen molar-refractivity contribution in [3.05, 3.63) is 58.1 Å². The highest BCUT2D eigenvalue weighted by Gasteiger charge is 2.16. The third-order valence-electron chi connectivity index (χ3n) is 2.88. The van der Waals surface area contributed by atoms with Crippen LogP contribution in [-0.4, -0.2) is 18.1 Å².